The van der Waals surface area contributed by atoms with Crippen LogP contribution in [0, 0.1) is 6.92 Å². The second kappa shape index (κ2) is 2.91. The first kappa shape index (κ1) is 8.36. The molecule has 0 saturated heterocycles. The summed E-state index contributed by atoms with van der Waals surface area (Å²) in [5.74, 6) is 0. The SMILES string of the molecule is C=C1Cc2cc(C)ccc2C(C)N1. The first-order valence-electron chi connectivity index (χ1n) is 4.70. The van der Waals surface area contributed by atoms with Crippen molar-refractivity contribution in [1.29, 1.82) is 0 Å². The summed E-state index contributed by atoms with van der Waals surface area (Å²) in [5, 5.41) is 3.36. The molecule has 1 N–H and O–H groups in total. The number of nitrogens with one attached hydrogen (secondary N) is 1. The maximum atomic E-state index is 3.98. The van der Waals surface area contributed by atoms with Gasteiger partial charge in [0.15, 0.2) is 0 Å². The van der Waals surface area contributed by atoms with E-state index in [0.717, 1.165) is 12.1 Å². The molecule has 1 aromatic rings. The molecule has 0 saturated carbocycles. The smallest absolute Gasteiger partial charge is 0.0485 e. The first-order valence-corrected chi connectivity index (χ1v) is 4.70. The molecule has 0 aromatic heterocycles. The molecule has 0 amide bonds. The Morgan fingerprint density at radius 1 is 1.46 bits per heavy atom. The van der Waals surface area contributed by atoms with E-state index >= 15 is 0 Å². The van der Waals surface area contributed by atoms with Crippen LogP contribution < -0.4 is 5.32 Å². The van der Waals surface area contributed by atoms with E-state index in [1.807, 2.05) is 0 Å². The zero-order valence-corrected chi connectivity index (χ0v) is 8.22. The average molecular weight is 173 g/mol. The van der Waals surface area contributed by atoms with Crippen LogP contribution in [0.15, 0.2) is 30.5 Å². The molecule has 2 rings (SSSR count). The van der Waals surface area contributed by atoms with Crippen LogP contribution in [-0.2, 0) is 6.42 Å². The predicted octanol–water partition coefficient (Wildman–Crippen LogP) is 2.72. The number of fused-ring (bicyclic) bond motifs is 1. The molecule has 1 heterocycles. The summed E-state index contributed by atoms with van der Waals surface area (Å²) >= 11 is 0. The highest BCUT2D eigenvalue weighted by molar-refractivity contribution is 5.38. The summed E-state index contributed by atoms with van der Waals surface area (Å²) in [7, 11) is 0. The van der Waals surface area contributed by atoms with Crippen LogP contribution in [0.5, 0.6) is 0 Å². The van der Waals surface area contributed by atoms with E-state index in [2.05, 4.69) is 43.9 Å². The van der Waals surface area contributed by atoms with Crippen molar-refractivity contribution in [1.82, 2.24) is 5.32 Å². The zero-order chi connectivity index (χ0) is 9.42. The minimum atomic E-state index is 0.414. The van der Waals surface area contributed by atoms with Crippen LogP contribution in [0.4, 0.5) is 0 Å². The lowest BCUT2D eigenvalue weighted by atomic mass is 9.92. The van der Waals surface area contributed by atoms with Crippen LogP contribution in [0.2, 0.25) is 0 Å². The van der Waals surface area contributed by atoms with Gasteiger partial charge in [-0.15, -0.1) is 0 Å². The molecule has 0 bridgehead atoms. The van der Waals surface area contributed by atoms with Crippen molar-refractivity contribution in [3.05, 3.63) is 47.2 Å². The molecule has 1 aliphatic heterocycles. The van der Waals surface area contributed by atoms with E-state index < -0.39 is 0 Å². The fraction of sp³-hybridized carbons (Fsp3) is 0.333. The summed E-state index contributed by atoms with van der Waals surface area (Å²) in [6, 6.07) is 7.06. The van der Waals surface area contributed by atoms with Crippen LogP contribution in [0.1, 0.15) is 29.7 Å². The van der Waals surface area contributed by atoms with Crippen molar-refractivity contribution in [3.63, 3.8) is 0 Å². The Labute approximate surface area is 79.5 Å². The normalized spacial score (nSPS) is 20.8. The maximum absolute atomic E-state index is 3.98. The Kier molecular flexibility index (Phi) is 1.87. The molecule has 1 heteroatoms. The van der Waals surface area contributed by atoms with Crippen LogP contribution >= 0.6 is 0 Å². The van der Waals surface area contributed by atoms with E-state index in [-0.39, 0.29) is 0 Å². The second-order valence-electron chi connectivity index (χ2n) is 3.85. The molecular weight excluding hydrogens is 158 g/mol. The number of hydrogen-bond acceptors (Lipinski definition) is 1. The molecule has 13 heavy (non-hydrogen) atoms. The third-order valence-electron chi connectivity index (χ3n) is 2.59. The third-order valence-corrected chi connectivity index (χ3v) is 2.59. The fourth-order valence-electron chi connectivity index (χ4n) is 1.97. The maximum Gasteiger partial charge on any atom is 0.0485 e. The fourth-order valence-corrected chi connectivity index (χ4v) is 1.97. The Balaban J connectivity index is 2.49. The Morgan fingerprint density at radius 3 is 3.00 bits per heavy atom. The summed E-state index contributed by atoms with van der Waals surface area (Å²) in [5.41, 5.74) is 5.31. The van der Waals surface area contributed by atoms with E-state index in [9.17, 15) is 0 Å². The van der Waals surface area contributed by atoms with Gasteiger partial charge in [-0.05, 0) is 25.0 Å². The molecular formula is C12H15N. The Bertz CT molecular complexity index is 352. The number of rotatable bonds is 0. The molecule has 1 unspecified atom stereocenters. The quantitative estimate of drug-likeness (QED) is 0.636. The van der Waals surface area contributed by atoms with E-state index in [1.165, 1.54) is 16.7 Å². The largest absolute Gasteiger partial charge is 0.382 e. The van der Waals surface area contributed by atoms with Crippen LogP contribution in [-0.4, -0.2) is 0 Å². The Hall–Kier alpha value is -1.24. The summed E-state index contributed by atoms with van der Waals surface area (Å²) in [4.78, 5) is 0. The van der Waals surface area contributed by atoms with Crippen molar-refractivity contribution in [2.45, 2.75) is 26.3 Å². The van der Waals surface area contributed by atoms with Crippen molar-refractivity contribution in [2.75, 3.05) is 0 Å². The van der Waals surface area contributed by atoms with Gasteiger partial charge >= 0.3 is 0 Å². The Morgan fingerprint density at radius 2 is 2.23 bits per heavy atom. The molecule has 1 atom stereocenters. The highest BCUT2D eigenvalue weighted by Crippen LogP contribution is 2.26. The second-order valence-corrected chi connectivity index (χ2v) is 3.85. The van der Waals surface area contributed by atoms with Crippen molar-refractivity contribution in [2.24, 2.45) is 0 Å². The molecule has 0 aliphatic carbocycles. The lowest BCUT2D eigenvalue weighted by Gasteiger charge is -2.26. The summed E-state index contributed by atoms with van der Waals surface area (Å²) in [6.07, 6.45) is 0.974. The van der Waals surface area contributed by atoms with Gasteiger partial charge in [-0.1, -0.05) is 30.3 Å². The molecule has 1 aliphatic rings. The van der Waals surface area contributed by atoms with Gasteiger partial charge in [-0.3, -0.25) is 0 Å². The first-order chi connectivity index (χ1) is 6.16. The van der Waals surface area contributed by atoms with Crippen LogP contribution in [0.25, 0.3) is 0 Å². The minimum Gasteiger partial charge on any atom is -0.382 e. The van der Waals surface area contributed by atoms with Crippen molar-refractivity contribution < 1.29 is 0 Å². The third kappa shape index (κ3) is 1.46. The van der Waals surface area contributed by atoms with E-state index in [4.69, 9.17) is 0 Å². The van der Waals surface area contributed by atoms with Gasteiger partial charge in [-0.25, -0.2) is 0 Å². The monoisotopic (exact) mass is 173 g/mol. The van der Waals surface area contributed by atoms with Gasteiger partial charge in [0.2, 0.25) is 0 Å². The molecule has 0 radical (unpaired) electrons. The molecule has 1 aromatic carbocycles. The van der Waals surface area contributed by atoms with Crippen LogP contribution in [0.3, 0.4) is 0 Å². The molecule has 68 valence electrons. The van der Waals surface area contributed by atoms with E-state index in [1.54, 1.807) is 0 Å². The van der Waals surface area contributed by atoms with Gasteiger partial charge in [0, 0.05) is 18.2 Å². The highest BCUT2D eigenvalue weighted by Gasteiger charge is 2.16. The number of allylic oxidation sites excluding steroid dienone is 1. The topological polar surface area (TPSA) is 12.0 Å². The predicted molar refractivity (Wildman–Crippen MR) is 55.6 cm³/mol. The summed E-state index contributed by atoms with van der Waals surface area (Å²) < 4.78 is 0. The molecule has 1 nitrogen and oxygen atoms in total. The number of benzene rings is 1. The van der Waals surface area contributed by atoms with Gasteiger partial charge in [0.05, 0.1) is 0 Å². The lowest BCUT2D eigenvalue weighted by Crippen LogP contribution is -2.25. The van der Waals surface area contributed by atoms with Crippen molar-refractivity contribution in [3.8, 4) is 0 Å². The molecule has 0 spiro atoms. The zero-order valence-electron chi connectivity index (χ0n) is 8.22. The highest BCUT2D eigenvalue weighted by atomic mass is 14.9. The summed E-state index contributed by atoms with van der Waals surface area (Å²) in [6.45, 7) is 8.30. The van der Waals surface area contributed by atoms with Gasteiger partial charge in [0.1, 0.15) is 0 Å². The molecule has 0 fully saturated rings. The van der Waals surface area contributed by atoms with Crippen molar-refractivity contribution >= 4 is 0 Å². The standard InChI is InChI=1S/C12H15N/c1-8-4-5-12-10(3)13-9(2)7-11(12)6-8/h4-6,10,13H,2,7H2,1,3H3. The van der Waals surface area contributed by atoms with Gasteiger partial charge < -0.3 is 5.32 Å². The minimum absolute atomic E-state index is 0.414. The van der Waals surface area contributed by atoms with Gasteiger partial charge in [-0.2, -0.15) is 0 Å². The van der Waals surface area contributed by atoms with E-state index in [0.29, 0.717) is 6.04 Å². The number of aryl methyl sites for hydroxylation is 1. The van der Waals surface area contributed by atoms with Gasteiger partial charge in [0.25, 0.3) is 0 Å². The lowest BCUT2D eigenvalue weighted by molar-refractivity contribution is 0.608. The number of hydrogen-bond donors (Lipinski definition) is 1. The average Bonchev–Trinajstić information content (AvgIpc) is 2.02.